The number of benzene rings is 1. The number of carbonyl (C=O) groups is 1. The van der Waals surface area contributed by atoms with Gasteiger partial charge in [-0.1, -0.05) is 0 Å². The van der Waals surface area contributed by atoms with Crippen LogP contribution in [0.3, 0.4) is 0 Å². The van der Waals surface area contributed by atoms with Crippen molar-refractivity contribution in [3.63, 3.8) is 0 Å². The number of nitro groups is 1. The summed E-state index contributed by atoms with van der Waals surface area (Å²) < 4.78 is 37.8. The third-order valence-corrected chi connectivity index (χ3v) is 3.81. The van der Waals surface area contributed by atoms with E-state index in [0.29, 0.717) is 18.6 Å². The predicted molar refractivity (Wildman–Crippen MR) is 82.5 cm³/mol. The molecule has 24 heavy (non-hydrogen) atoms. The van der Waals surface area contributed by atoms with E-state index in [9.17, 15) is 28.1 Å². The largest absolute Gasteiger partial charge is 0.416 e. The summed E-state index contributed by atoms with van der Waals surface area (Å²) in [6, 6.07) is 3.89. The Morgan fingerprint density at radius 1 is 1.29 bits per heavy atom. The topological polar surface area (TPSA) is 84.3 Å². The maximum Gasteiger partial charge on any atom is 0.416 e. The molecule has 0 spiro atoms. The first-order valence-corrected chi connectivity index (χ1v) is 7.63. The van der Waals surface area contributed by atoms with Crippen LogP contribution in [0.2, 0.25) is 0 Å². The average Bonchev–Trinajstić information content (AvgIpc) is 3.03. The van der Waals surface area contributed by atoms with Crippen molar-refractivity contribution in [2.75, 3.05) is 5.43 Å². The van der Waals surface area contributed by atoms with Gasteiger partial charge in [-0.2, -0.15) is 24.5 Å². The molecule has 0 bridgehead atoms. The number of nitro benzene ring substituents is 1. The molecule has 0 aliphatic carbocycles. The molecular formula is C14H12F3N3O3S. The second kappa shape index (κ2) is 7.30. The Labute approximate surface area is 138 Å². The van der Waals surface area contributed by atoms with Crippen LogP contribution in [0.5, 0.6) is 0 Å². The van der Waals surface area contributed by atoms with Gasteiger partial charge in [0, 0.05) is 12.5 Å². The number of rotatable bonds is 6. The highest BCUT2D eigenvalue weighted by Crippen LogP contribution is 2.34. The minimum atomic E-state index is -4.69. The van der Waals surface area contributed by atoms with Crippen LogP contribution in [0.4, 0.5) is 24.5 Å². The number of hydrogen-bond acceptors (Lipinski definition) is 5. The van der Waals surface area contributed by atoms with Gasteiger partial charge in [0.05, 0.1) is 10.5 Å². The predicted octanol–water partition coefficient (Wildman–Crippen LogP) is 3.75. The molecule has 10 heteroatoms. The zero-order valence-corrected chi connectivity index (χ0v) is 12.9. The minimum absolute atomic E-state index is 0.137. The summed E-state index contributed by atoms with van der Waals surface area (Å²) in [5.74, 6) is -0.435. The fourth-order valence-electron chi connectivity index (χ4n) is 1.86. The van der Waals surface area contributed by atoms with Crippen LogP contribution in [-0.4, -0.2) is 10.8 Å². The van der Waals surface area contributed by atoms with E-state index in [1.54, 1.807) is 0 Å². The van der Waals surface area contributed by atoms with Gasteiger partial charge < -0.3 is 0 Å². The van der Waals surface area contributed by atoms with Crippen LogP contribution >= 0.6 is 11.3 Å². The number of carbonyl (C=O) groups excluding carboxylic acids is 1. The summed E-state index contributed by atoms with van der Waals surface area (Å²) in [6.45, 7) is 0. The SMILES string of the molecule is O=C(CCc1ccsc1)NNc1ccc(C(F)(F)F)cc1[N+](=O)[O-]. The summed E-state index contributed by atoms with van der Waals surface area (Å²) in [4.78, 5) is 21.7. The van der Waals surface area contributed by atoms with E-state index < -0.39 is 28.3 Å². The van der Waals surface area contributed by atoms with Gasteiger partial charge in [0.2, 0.25) is 5.91 Å². The Kier molecular flexibility index (Phi) is 5.39. The van der Waals surface area contributed by atoms with Crippen molar-refractivity contribution in [3.05, 3.63) is 56.3 Å². The molecule has 2 N–H and O–H groups in total. The molecule has 0 atom stereocenters. The fraction of sp³-hybridized carbons (Fsp3) is 0.214. The minimum Gasteiger partial charge on any atom is -0.292 e. The molecule has 1 amide bonds. The van der Waals surface area contributed by atoms with Crippen molar-refractivity contribution in [1.82, 2.24) is 5.43 Å². The zero-order valence-electron chi connectivity index (χ0n) is 12.1. The lowest BCUT2D eigenvalue weighted by Crippen LogP contribution is -2.29. The van der Waals surface area contributed by atoms with E-state index in [1.165, 1.54) is 11.3 Å². The first-order chi connectivity index (χ1) is 11.3. The number of aryl methyl sites for hydroxylation is 1. The van der Waals surface area contributed by atoms with Gasteiger partial charge in [0.15, 0.2) is 0 Å². The summed E-state index contributed by atoms with van der Waals surface area (Å²) in [7, 11) is 0. The van der Waals surface area contributed by atoms with Crippen molar-refractivity contribution in [2.45, 2.75) is 19.0 Å². The Morgan fingerprint density at radius 2 is 2.04 bits per heavy atom. The van der Waals surface area contributed by atoms with Gasteiger partial charge in [-0.3, -0.25) is 25.8 Å². The molecule has 0 fully saturated rings. The fourth-order valence-corrected chi connectivity index (χ4v) is 2.56. The lowest BCUT2D eigenvalue weighted by atomic mass is 10.1. The smallest absolute Gasteiger partial charge is 0.292 e. The number of thiophene rings is 1. The number of alkyl halides is 3. The molecule has 2 rings (SSSR count). The highest BCUT2D eigenvalue weighted by atomic mass is 32.1. The third-order valence-electron chi connectivity index (χ3n) is 3.08. The van der Waals surface area contributed by atoms with Gasteiger partial charge in [0.25, 0.3) is 5.69 Å². The Bertz CT molecular complexity index is 733. The van der Waals surface area contributed by atoms with E-state index in [1.807, 2.05) is 16.8 Å². The molecule has 0 saturated heterocycles. The Hall–Kier alpha value is -2.62. The molecule has 0 unspecified atom stereocenters. The normalized spacial score (nSPS) is 11.1. The molecule has 0 aliphatic heterocycles. The van der Waals surface area contributed by atoms with Gasteiger partial charge in [0.1, 0.15) is 5.69 Å². The van der Waals surface area contributed by atoms with Crippen LogP contribution in [0.15, 0.2) is 35.0 Å². The Morgan fingerprint density at radius 3 is 2.62 bits per heavy atom. The molecule has 0 aliphatic rings. The Balaban J connectivity index is 2.01. The quantitative estimate of drug-likeness (QED) is 0.608. The lowest BCUT2D eigenvalue weighted by molar-refractivity contribution is -0.384. The van der Waals surface area contributed by atoms with Crippen LogP contribution in [0.25, 0.3) is 0 Å². The maximum atomic E-state index is 12.6. The molecule has 0 radical (unpaired) electrons. The van der Waals surface area contributed by atoms with Crippen LogP contribution < -0.4 is 10.9 Å². The number of anilines is 1. The second-order valence-electron chi connectivity index (χ2n) is 4.79. The van der Waals surface area contributed by atoms with Gasteiger partial charge in [-0.15, -0.1) is 0 Å². The van der Waals surface area contributed by atoms with Crippen molar-refractivity contribution < 1.29 is 22.9 Å². The van der Waals surface area contributed by atoms with E-state index in [-0.39, 0.29) is 12.1 Å². The van der Waals surface area contributed by atoms with Crippen molar-refractivity contribution in [3.8, 4) is 0 Å². The molecule has 2 aromatic rings. The summed E-state index contributed by atoms with van der Waals surface area (Å²) in [5, 5.41) is 14.7. The van der Waals surface area contributed by atoms with Crippen LogP contribution in [0, 0.1) is 10.1 Å². The standard InChI is InChI=1S/C14H12F3N3O3S/c15-14(16,17)10-2-3-11(12(7-10)20(22)23)18-19-13(21)4-1-9-5-6-24-8-9/h2-3,5-8,18H,1,4H2,(H,19,21). The van der Waals surface area contributed by atoms with Crippen molar-refractivity contribution in [1.29, 1.82) is 0 Å². The zero-order chi connectivity index (χ0) is 17.7. The third kappa shape index (κ3) is 4.69. The number of amides is 1. The number of hydrogen-bond donors (Lipinski definition) is 2. The number of hydrazine groups is 1. The van der Waals surface area contributed by atoms with E-state index in [2.05, 4.69) is 10.9 Å². The molecule has 0 saturated carbocycles. The van der Waals surface area contributed by atoms with Crippen molar-refractivity contribution >= 4 is 28.6 Å². The first kappa shape index (κ1) is 17.7. The average molecular weight is 359 g/mol. The highest BCUT2D eigenvalue weighted by molar-refractivity contribution is 7.07. The maximum absolute atomic E-state index is 12.6. The molecule has 128 valence electrons. The van der Waals surface area contributed by atoms with Crippen molar-refractivity contribution in [2.24, 2.45) is 0 Å². The van der Waals surface area contributed by atoms with Gasteiger partial charge in [-0.05, 0) is 40.9 Å². The van der Waals surface area contributed by atoms with Crippen LogP contribution in [-0.2, 0) is 17.4 Å². The second-order valence-corrected chi connectivity index (χ2v) is 5.57. The summed E-state index contributed by atoms with van der Waals surface area (Å²) in [5.41, 5.74) is 3.39. The van der Waals surface area contributed by atoms with E-state index in [0.717, 1.165) is 11.6 Å². The molecule has 1 heterocycles. The molecule has 1 aromatic carbocycles. The number of nitrogens with zero attached hydrogens (tertiary/aromatic N) is 1. The monoisotopic (exact) mass is 359 g/mol. The highest BCUT2D eigenvalue weighted by Gasteiger charge is 2.33. The number of nitrogens with one attached hydrogen (secondary N) is 2. The molecular weight excluding hydrogens is 347 g/mol. The van der Waals surface area contributed by atoms with E-state index in [4.69, 9.17) is 0 Å². The number of halogens is 3. The summed E-state index contributed by atoms with van der Waals surface area (Å²) in [6.07, 6.45) is -4.06. The lowest BCUT2D eigenvalue weighted by Gasteiger charge is -2.11. The van der Waals surface area contributed by atoms with Crippen LogP contribution in [0.1, 0.15) is 17.5 Å². The summed E-state index contributed by atoms with van der Waals surface area (Å²) >= 11 is 1.50. The van der Waals surface area contributed by atoms with Gasteiger partial charge >= 0.3 is 6.18 Å². The molecule has 6 nitrogen and oxygen atoms in total. The molecule has 1 aromatic heterocycles. The van der Waals surface area contributed by atoms with Gasteiger partial charge in [-0.25, -0.2) is 0 Å². The first-order valence-electron chi connectivity index (χ1n) is 6.69. The van der Waals surface area contributed by atoms with E-state index >= 15 is 0 Å².